The molecule has 2 amide bonds. The first-order chi connectivity index (χ1) is 15.0. The van der Waals surface area contributed by atoms with Crippen LogP contribution in [-0.2, 0) is 20.7 Å². The number of nitrogens with one attached hydrogen (secondary N) is 3. The van der Waals surface area contributed by atoms with Crippen LogP contribution in [0.2, 0.25) is 0 Å². The fraction of sp³-hybridized carbons (Fsp3) is 0.417. The molecule has 2 aromatic carbocycles. The number of carbonyl (C=O) groups is 2. The summed E-state index contributed by atoms with van der Waals surface area (Å²) in [5, 5.41) is 5.59. The van der Waals surface area contributed by atoms with E-state index in [1.54, 1.807) is 0 Å². The van der Waals surface area contributed by atoms with Gasteiger partial charge in [-0.2, -0.15) is 0 Å². The number of rotatable bonds is 7. The molecule has 0 spiro atoms. The van der Waals surface area contributed by atoms with E-state index in [-0.39, 0.29) is 6.04 Å². The highest BCUT2D eigenvalue weighted by Crippen LogP contribution is 2.17. The molecule has 1 fully saturated rings. The summed E-state index contributed by atoms with van der Waals surface area (Å²) in [5.41, 5.74) is 3.94. The van der Waals surface area contributed by atoms with Crippen molar-refractivity contribution in [1.82, 2.24) is 5.32 Å². The maximum absolute atomic E-state index is 12.5. The predicted molar refractivity (Wildman–Crippen MR) is 122 cm³/mol. The maximum Gasteiger partial charge on any atom is 0.313 e. The average molecular weight is 426 g/mol. The number of nitrogens with zero attached hydrogens (tertiary/aromatic N) is 1. The molecule has 0 unspecified atom stereocenters. The van der Waals surface area contributed by atoms with Gasteiger partial charge in [-0.15, -0.1) is 0 Å². The van der Waals surface area contributed by atoms with E-state index < -0.39 is 11.8 Å². The van der Waals surface area contributed by atoms with Crippen molar-refractivity contribution in [2.45, 2.75) is 19.4 Å². The molecule has 0 aliphatic carbocycles. The topological polar surface area (TPSA) is 75.1 Å². The molecule has 0 aromatic heterocycles. The smallest absolute Gasteiger partial charge is 0.313 e. The highest BCUT2D eigenvalue weighted by atomic mass is 16.5. The van der Waals surface area contributed by atoms with E-state index in [2.05, 4.69) is 39.8 Å². The third-order valence-corrected chi connectivity index (χ3v) is 5.76. The van der Waals surface area contributed by atoms with Crippen molar-refractivity contribution in [2.24, 2.45) is 0 Å². The van der Waals surface area contributed by atoms with Gasteiger partial charge in [-0.3, -0.25) is 9.59 Å². The number of amides is 2. The fourth-order valence-corrected chi connectivity index (χ4v) is 3.89. The highest BCUT2D eigenvalue weighted by molar-refractivity contribution is 6.39. The van der Waals surface area contributed by atoms with Crippen molar-refractivity contribution in [1.29, 1.82) is 0 Å². The number of morpholine rings is 1. The van der Waals surface area contributed by atoms with E-state index in [1.807, 2.05) is 45.3 Å². The van der Waals surface area contributed by atoms with Crippen LogP contribution in [0.3, 0.4) is 0 Å². The Morgan fingerprint density at radius 1 is 1.03 bits per heavy atom. The standard InChI is InChI=1S/C24H32N4O3/c1-4-18-7-5-6-8-21(18)26-24(30)23(29)25-17-22(28-13-15-31-16-14-28)19-9-11-20(12-10-19)27(2)3/h5-12,22H,4,13-17H2,1-3H3,(H,25,29)(H,26,30)/p+1/t22-/m1/s1. The summed E-state index contributed by atoms with van der Waals surface area (Å²) < 4.78 is 5.51. The zero-order valence-corrected chi connectivity index (χ0v) is 18.6. The summed E-state index contributed by atoms with van der Waals surface area (Å²) in [6, 6.07) is 16.0. The van der Waals surface area contributed by atoms with Gasteiger partial charge in [-0.05, 0) is 30.2 Å². The third-order valence-electron chi connectivity index (χ3n) is 5.76. The molecule has 2 aromatic rings. The Morgan fingerprint density at radius 2 is 1.71 bits per heavy atom. The zero-order valence-electron chi connectivity index (χ0n) is 18.6. The van der Waals surface area contributed by atoms with Crippen molar-refractivity contribution in [3.05, 3.63) is 59.7 Å². The lowest BCUT2D eigenvalue weighted by atomic mass is 10.0. The molecule has 0 radical (unpaired) electrons. The van der Waals surface area contributed by atoms with Crippen molar-refractivity contribution < 1.29 is 19.2 Å². The van der Waals surface area contributed by atoms with E-state index in [0.717, 1.165) is 36.3 Å². The number of hydrogen-bond donors (Lipinski definition) is 3. The Hall–Kier alpha value is -2.90. The Kier molecular flexibility index (Phi) is 8.03. The summed E-state index contributed by atoms with van der Waals surface area (Å²) >= 11 is 0. The van der Waals surface area contributed by atoms with Gasteiger partial charge in [0.25, 0.3) is 0 Å². The minimum absolute atomic E-state index is 0.0554. The van der Waals surface area contributed by atoms with Gasteiger partial charge < -0.3 is 25.2 Å². The zero-order chi connectivity index (χ0) is 22.2. The van der Waals surface area contributed by atoms with Gasteiger partial charge in [0.1, 0.15) is 19.1 Å². The van der Waals surface area contributed by atoms with Gasteiger partial charge in [0, 0.05) is 31.0 Å². The summed E-state index contributed by atoms with van der Waals surface area (Å²) in [4.78, 5) is 28.4. The number of quaternary nitrogens is 1. The molecule has 7 heteroatoms. The summed E-state index contributed by atoms with van der Waals surface area (Å²) in [5.74, 6) is -1.26. The summed E-state index contributed by atoms with van der Waals surface area (Å²) in [6.45, 7) is 5.53. The van der Waals surface area contributed by atoms with Gasteiger partial charge in [0.05, 0.1) is 19.8 Å². The molecule has 0 bridgehead atoms. The number of carbonyl (C=O) groups excluding carboxylic acids is 2. The number of ether oxygens (including phenoxy) is 1. The second-order valence-electron chi connectivity index (χ2n) is 7.98. The Bertz CT molecular complexity index is 877. The van der Waals surface area contributed by atoms with Gasteiger partial charge in [0.2, 0.25) is 0 Å². The Morgan fingerprint density at radius 3 is 2.35 bits per heavy atom. The monoisotopic (exact) mass is 425 g/mol. The molecule has 166 valence electrons. The molecule has 3 N–H and O–H groups in total. The maximum atomic E-state index is 12.5. The molecule has 0 saturated carbocycles. The minimum Gasteiger partial charge on any atom is -0.378 e. The molecule has 1 atom stereocenters. The number of anilines is 2. The second kappa shape index (κ2) is 10.9. The second-order valence-corrected chi connectivity index (χ2v) is 7.98. The quantitative estimate of drug-likeness (QED) is 0.579. The number of para-hydroxylation sites is 1. The van der Waals surface area contributed by atoms with Crippen molar-refractivity contribution in [3.8, 4) is 0 Å². The van der Waals surface area contributed by atoms with Crippen molar-refractivity contribution >= 4 is 23.2 Å². The van der Waals surface area contributed by atoms with E-state index >= 15 is 0 Å². The minimum atomic E-state index is -0.639. The van der Waals surface area contributed by atoms with Crippen LogP contribution in [0.1, 0.15) is 24.1 Å². The van der Waals surface area contributed by atoms with Crippen molar-refractivity contribution in [3.63, 3.8) is 0 Å². The molecule has 1 heterocycles. The first kappa shape index (κ1) is 22.8. The van der Waals surface area contributed by atoms with Gasteiger partial charge >= 0.3 is 11.8 Å². The van der Waals surface area contributed by atoms with E-state index in [9.17, 15) is 9.59 Å². The lowest BCUT2D eigenvalue weighted by Gasteiger charge is -2.32. The van der Waals surface area contributed by atoms with Gasteiger partial charge in [-0.25, -0.2) is 0 Å². The summed E-state index contributed by atoms with van der Waals surface area (Å²) in [6.07, 6.45) is 0.781. The summed E-state index contributed by atoms with van der Waals surface area (Å²) in [7, 11) is 4.02. The van der Waals surface area contributed by atoms with Gasteiger partial charge in [0.15, 0.2) is 0 Å². The van der Waals surface area contributed by atoms with Crippen LogP contribution in [0.4, 0.5) is 11.4 Å². The molecule has 1 aliphatic heterocycles. The molecular formula is C24H33N4O3+. The van der Waals surface area contributed by atoms with E-state index in [1.165, 1.54) is 4.90 Å². The normalized spacial score (nSPS) is 15.2. The van der Waals surface area contributed by atoms with Gasteiger partial charge in [-0.1, -0.05) is 37.3 Å². The number of aryl methyl sites for hydroxylation is 1. The van der Waals surface area contributed by atoms with Crippen molar-refractivity contribution in [2.75, 3.05) is 57.2 Å². The van der Waals surface area contributed by atoms with Crippen LogP contribution in [0.25, 0.3) is 0 Å². The number of benzene rings is 2. The number of hydrogen-bond acceptors (Lipinski definition) is 4. The SMILES string of the molecule is CCc1ccccc1NC(=O)C(=O)NC[C@H](c1ccc(N(C)C)cc1)[NH+]1CCOCC1. The lowest BCUT2D eigenvalue weighted by Crippen LogP contribution is -3.15. The Labute approximate surface area is 184 Å². The Balaban J connectivity index is 1.67. The van der Waals surface area contributed by atoms with Crippen LogP contribution in [0.5, 0.6) is 0 Å². The van der Waals surface area contributed by atoms with Crippen LogP contribution < -0.4 is 20.4 Å². The third kappa shape index (κ3) is 6.06. The van der Waals surface area contributed by atoms with E-state index in [4.69, 9.17) is 4.74 Å². The average Bonchev–Trinajstić information content (AvgIpc) is 2.80. The first-order valence-electron chi connectivity index (χ1n) is 10.9. The van der Waals surface area contributed by atoms with Crippen LogP contribution in [0.15, 0.2) is 48.5 Å². The fourth-order valence-electron chi connectivity index (χ4n) is 3.89. The van der Waals surface area contributed by atoms with Crippen LogP contribution in [-0.4, -0.2) is 58.8 Å². The lowest BCUT2D eigenvalue weighted by molar-refractivity contribution is -0.937. The predicted octanol–water partition coefficient (Wildman–Crippen LogP) is 1.03. The molecule has 1 aliphatic rings. The largest absolute Gasteiger partial charge is 0.378 e. The highest BCUT2D eigenvalue weighted by Gasteiger charge is 2.28. The molecular weight excluding hydrogens is 392 g/mol. The molecule has 31 heavy (non-hydrogen) atoms. The molecule has 1 saturated heterocycles. The molecule has 3 rings (SSSR count). The van der Waals surface area contributed by atoms with Crippen LogP contribution in [0, 0.1) is 0 Å². The van der Waals surface area contributed by atoms with E-state index in [0.29, 0.717) is 25.4 Å². The van der Waals surface area contributed by atoms with Crippen LogP contribution >= 0.6 is 0 Å². The molecule has 7 nitrogen and oxygen atoms in total. The first-order valence-corrected chi connectivity index (χ1v) is 10.9.